The summed E-state index contributed by atoms with van der Waals surface area (Å²) < 4.78 is 0. The van der Waals surface area contributed by atoms with Crippen molar-refractivity contribution in [3.8, 4) is 0 Å². The van der Waals surface area contributed by atoms with Crippen LogP contribution in [0.1, 0.15) is 119 Å². The molecular formula is C29H48O. The number of hydrogen-bond acceptors (Lipinski definition) is 1. The molecule has 0 N–H and O–H groups in total. The number of carbonyl (C=O) groups is 1. The molecular weight excluding hydrogens is 364 g/mol. The number of ketones is 1. The molecule has 0 amide bonds. The Bertz CT molecular complexity index is 737. The summed E-state index contributed by atoms with van der Waals surface area (Å²) in [5, 5.41) is 0. The van der Waals surface area contributed by atoms with Crippen LogP contribution in [0, 0.1) is 56.7 Å². The third-order valence-corrected chi connectivity index (χ3v) is 13.0. The molecule has 1 heteroatoms. The average Bonchev–Trinajstić information content (AvgIpc) is 2.67. The highest BCUT2D eigenvalue weighted by Gasteiger charge is 2.68. The zero-order chi connectivity index (χ0) is 21.7. The van der Waals surface area contributed by atoms with Crippen LogP contribution in [0.5, 0.6) is 0 Å². The van der Waals surface area contributed by atoms with Crippen molar-refractivity contribution in [1.29, 1.82) is 0 Å². The molecule has 0 aliphatic heterocycles. The van der Waals surface area contributed by atoms with E-state index in [1.807, 2.05) is 0 Å². The molecule has 170 valence electrons. The Morgan fingerprint density at radius 2 is 1.40 bits per heavy atom. The van der Waals surface area contributed by atoms with E-state index in [2.05, 4.69) is 48.5 Å². The molecule has 30 heavy (non-hydrogen) atoms. The Balaban J connectivity index is 1.52. The van der Waals surface area contributed by atoms with Crippen LogP contribution in [0.25, 0.3) is 0 Å². The monoisotopic (exact) mass is 412 g/mol. The topological polar surface area (TPSA) is 17.1 Å². The number of hydrogen-bond donors (Lipinski definition) is 0. The van der Waals surface area contributed by atoms with Crippen LogP contribution in [0.2, 0.25) is 0 Å². The highest BCUT2D eigenvalue weighted by atomic mass is 16.1. The summed E-state index contributed by atoms with van der Waals surface area (Å²) in [6.07, 6.45) is 14.8. The van der Waals surface area contributed by atoms with Gasteiger partial charge in [0.1, 0.15) is 5.78 Å². The first-order valence-electron chi connectivity index (χ1n) is 13.4. The maximum atomic E-state index is 12.6. The number of fused-ring (bicyclic) bond motifs is 7. The van der Waals surface area contributed by atoms with Gasteiger partial charge in [0.2, 0.25) is 0 Å². The second-order valence-corrected chi connectivity index (χ2v) is 14.6. The standard InChI is InChI=1S/C29H48O/c1-19-20-10-13-29(7)24(27(20,5)12-11-23(19)30)9-8-21-22-18-25(2,3)14-15-26(22,4)16-17-28(21,29)6/h19-22,24H,8-18H2,1-7H3. The fourth-order valence-corrected chi connectivity index (χ4v) is 10.7. The van der Waals surface area contributed by atoms with Crippen molar-refractivity contribution < 1.29 is 4.79 Å². The van der Waals surface area contributed by atoms with E-state index in [0.29, 0.717) is 44.7 Å². The molecule has 0 aromatic carbocycles. The summed E-state index contributed by atoms with van der Waals surface area (Å²) in [6.45, 7) is 18.1. The fourth-order valence-electron chi connectivity index (χ4n) is 10.7. The van der Waals surface area contributed by atoms with E-state index < -0.39 is 0 Å². The molecule has 0 spiro atoms. The van der Waals surface area contributed by atoms with Crippen molar-refractivity contribution in [2.45, 2.75) is 119 Å². The highest BCUT2D eigenvalue weighted by molar-refractivity contribution is 5.82. The van der Waals surface area contributed by atoms with Gasteiger partial charge in [0, 0.05) is 12.3 Å². The van der Waals surface area contributed by atoms with Crippen molar-refractivity contribution in [1.82, 2.24) is 0 Å². The molecule has 0 aromatic rings. The third kappa shape index (κ3) is 2.62. The van der Waals surface area contributed by atoms with Gasteiger partial charge in [0.25, 0.3) is 0 Å². The van der Waals surface area contributed by atoms with E-state index in [-0.39, 0.29) is 0 Å². The van der Waals surface area contributed by atoms with Crippen LogP contribution in [0.3, 0.4) is 0 Å². The van der Waals surface area contributed by atoms with Crippen LogP contribution in [0.4, 0.5) is 0 Å². The van der Waals surface area contributed by atoms with E-state index in [0.717, 1.165) is 30.6 Å². The molecule has 0 bridgehead atoms. The zero-order valence-corrected chi connectivity index (χ0v) is 21.1. The maximum absolute atomic E-state index is 12.6. The minimum atomic E-state index is 0.299. The Morgan fingerprint density at radius 3 is 2.13 bits per heavy atom. The van der Waals surface area contributed by atoms with Crippen molar-refractivity contribution in [2.24, 2.45) is 56.7 Å². The van der Waals surface area contributed by atoms with Gasteiger partial charge in [0.15, 0.2) is 0 Å². The predicted molar refractivity (Wildman–Crippen MR) is 125 cm³/mol. The van der Waals surface area contributed by atoms with Crippen LogP contribution in [-0.4, -0.2) is 5.78 Å². The summed E-state index contributed by atoms with van der Waals surface area (Å²) >= 11 is 0. The fraction of sp³-hybridized carbons (Fsp3) is 0.966. The van der Waals surface area contributed by atoms with Crippen LogP contribution in [-0.2, 0) is 4.79 Å². The molecule has 0 heterocycles. The van der Waals surface area contributed by atoms with Gasteiger partial charge < -0.3 is 0 Å². The van der Waals surface area contributed by atoms with E-state index >= 15 is 0 Å². The van der Waals surface area contributed by atoms with Gasteiger partial charge in [-0.3, -0.25) is 4.79 Å². The number of rotatable bonds is 0. The predicted octanol–water partition coefficient (Wildman–Crippen LogP) is 8.07. The molecule has 5 aliphatic rings. The van der Waals surface area contributed by atoms with Crippen LogP contribution < -0.4 is 0 Å². The molecule has 0 aromatic heterocycles. The zero-order valence-electron chi connectivity index (χ0n) is 21.1. The van der Waals surface area contributed by atoms with Crippen LogP contribution >= 0.6 is 0 Å². The lowest BCUT2D eigenvalue weighted by molar-refractivity contribution is -0.234. The first-order valence-corrected chi connectivity index (χ1v) is 13.4. The van der Waals surface area contributed by atoms with Crippen LogP contribution in [0.15, 0.2) is 0 Å². The van der Waals surface area contributed by atoms with Gasteiger partial charge in [-0.1, -0.05) is 48.5 Å². The average molecular weight is 413 g/mol. The minimum Gasteiger partial charge on any atom is -0.299 e. The molecule has 9 atom stereocenters. The minimum absolute atomic E-state index is 0.299. The smallest absolute Gasteiger partial charge is 0.136 e. The molecule has 5 aliphatic carbocycles. The number of carbonyl (C=O) groups excluding carboxylic acids is 1. The first kappa shape index (κ1) is 21.5. The molecule has 1 nitrogen and oxygen atoms in total. The van der Waals surface area contributed by atoms with Gasteiger partial charge >= 0.3 is 0 Å². The summed E-state index contributed by atoms with van der Waals surface area (Å²) in [5.74, 6) is 4.16. The van der Waals surface area contributed by atoms with Crippen molar-refractivity contribution >= 4 is 5.78 Å². The largest absolute Gasteiger partial charge is 0.299 e. The lowest BCUT2D eigenvalue weighted by Gasteiger charge is -2.72. The summed E-state index contributed by atoms with van der Waals surface area (Å²) in [5.41, 5.74) is 2.47. The Kier molecular flexibility index (Phi) is 4.57. The molecule has 0 radical (unpaired) electrons. The van der Waals surface area contributed by atoms with Gasteiger partial charge in [0.05, 0.1) is 0 Å². The summed E-state index contributed by atoms with van der Waals surface area (Å²) in [4.78, 5) is 12.6. The first-order chi connectivity index (χ1) is 13.9. The highest BCUT2D eigenvalue weighted by Crippen LogP contribution is 2.75. The van der Waals surface area contributed by atoms with Crippen molar-refractivity contribution in [3.63, 3.8) is 0 Å². The Hall–Kier alpha value is -0.330. The number of Topliss-reactive ketones (excluding diaryl/α,β-unsaturated/α-hetero) is 1. The molecule has 5 rings (SSSR count). The van der Waals surface area contributed by atoms with E-state index in [1.54, 1.807) is 0 Å². The van der Waals surface area contributed by atoms with Crippen molar-refractivity contribution in [3.05, 3.63) is 0 Å². The van der Waals surface area contributed by atoms with E-state index in [9.17, 15) is 4.79 Å². The normalized spacial score (nSPS) is 57.6. The summed E-state index contributed by atoms with van der Waals surface area (Å²) in [7, 11) is 0. The van der Waals surface area contributed by atoms with E-state index in [4.69, 9.17) is 0 Å². The van der Waals surface area contributed by atoms with Gasteiger partial charge in [-0.2, -0.15) is 0 Å². The lowest BCUT2D eigenvalue weighted by Crippen LogP contribution is -2.65. The van der Waals surface area contributed by atoms with Gasteiger partial charge in [-0.25, -0.2) is 0 Å². The Morgan fingerprint density at radius 1 is 0.700 bits per heavy atom. The van der Waals surface area contributed by atoms with Crippen molar-refractivity contribution in [2.75, 3.05) is 0 Å². The molecule has 5 saturated carbocycles. The summed E-state index contributed by atoms with van der Waals surface area (Å²) in [6, 6.07) is 0. The maximum Gasteiger partial charge on any atom is 0.136 e. The lowest BCUT2D eigenvalue weighted by atomic mass is 9.32. The SMILES string of the molecule is CC1C(=O)CCC2(C)C1CCC1(C)C2CCC2C3CC(C)(C)CCC3(C)CCC21C. The van der Waals surface area contributed by atoms with E-state index in [1.165, 1.54) is 57.8 Å². The van der Waals surface area contributed by atoms with Gasteiger partial charge in [-0.15, -0.1) is 0 Å². The Labute approximate surface area is 186 Å². The second-order valence-electron chi connectivity index (χ2n) is 14.6. The van der Waals surface area contributed by atoms with Gasteiger partial charge in [-0.05, 0) is 115 Å². The molecule has 0 saturated heterocycles. The third-order valence-electron chi connectivity index (χ3n) is 13.0. The molecule has 9 unspecified atom stereocenters. The molecule has 5 fully saturated rings. The quantitative estimate of drug-likeness (QED) is 0.393. The second kappa shape index (κ2) is 6.38.